The van der Waals surface area contributed by atoms with Crippen molar-refractivity contribution < 1.29 is 26.7 Å². The number of nitrogens with two attached hydrogens (primary N) is 1. The van der Waals surface area contributed by atoms with E-state index in [1.165, 1.54) is 57.9 Å². The van der Waals surface area contributed by atoms with E-state index < -0.39 is 21.5 Å². The van der Waals surface area contributed by atoms with Gasteiger partial charge in [0, 0.05) is 18.7 Å². The number of allylic oxidation sites excluding steroid dienone is 1. The normalized spacial score (nSPS) is 12.4. The molecule has 4 aromatic rings. The van der Waals surface area contributed by atoms with Crippen molar-refractivity contribution in [2.45, 2.75) is 64.2 Å². The third-order valence-corrected chi connectivity index (χ3v) is 10.5. The minimum atomic E-state index is -3.25. The lowest BCUT2D eigenvalue weighted by atomic mass is 9.85. The molecule has 10 heteroatoms. The molecule has 0 bridgehead atoms. The summed E-state index contributed by atoms with van der Waals surface area (Å²) >= 11 is 6.69. The number of sulfone groups is 1. The van der Waals surface area contributed by atoms with Gasteiger partial charge in [-0.15, -0.1) is 24.2 Å². The number of aryl methyl sites for hydroxylation is 1. The molecule has 0 saturated heterocycles. The predicted octanol–water partition coefficient (Wildman–Crippen LogP) is 10.3. The van der Waals surface area contributed by atoms with Crippen LogP contribution in [0.5, 0.6) is 5.75 Å². The number of carbonyl (C=O) groups is 1. The molecular weight excluding hydrogens is 672 g/mol. The summed E-state index contributed by atoms with van der Waals surface area (Å²) in [5.41, 5.74) is 8.58. The van der Waals surface area contributed by atoms with Crippen LogP contribution in [0, 0.1) is 30.4 Å². The van der Waals surface area contributed by atoms with Crippen LogP contribution in [0.4, 0.5) is 8.78 Å². The second-order valence-electron chi connectivity index (χ2n) is 10.9. The molecule has 1 saturated carbocycles. The van der Waals surface area contributed by atoms with Crippen molar-refractivity contribution >= 4 is 48.6 Å². The standard InChI is InChI=1S/C16H18O3S.C10H5ClF2OS.C9H16.C2H2.CH5N/c1-4-12-11-13(9-10-15(12)19-2)14-7-5-6-8-16(14)20(3,17)18;1-4(14)9-8(11)7-5(12)2-3-6(13)10(7)15-9;1-8(2)9-6-4-3-5-7-9;2*1-2/h5-11H,4H2,1-3H3;2-3H,1H3;9H,1,3-7H2,2H3;1-2H;2H2,1H3. The van der Waals surface area contributed by atoms with Crippen LogP contribution >= 0.6 is 22.9 Å². The van der Waals surface area contributed by atoms with E-state index in [1.807, 2.05) is 37.3 Å². The van der Waals surface area contributed by atoms with E-state index in [2.05, 4.69) is 32.1 Å². The fraction of sp³-hybridized carbons (Fsp3) is 0.342. The maximum atomic E-state index is 13.3. The molecule has 5 rings (SSSR count). The highest BCUT2D eigenvalue weighted by atomic mass is 35.5. The van der Waals surface area contributed by atoms with E-state index in [9.17, 15) is 22.0 Å². The molecule has 0 unspecified atom stereocenters. The molecule has 260 valence electrons. The number of Topliss-reactive ketones (excluding diaryl/α,β-unsaturated/α-hetero) is 1. The molecule has 48 heavy (non-hydrogen) atoms. The summed E-state index contributed by atoms with van der Waals surface area (Å²) in [6.07, 6.45) is 17.2. The van der Waals surface area contributed by atoms with Gasteiger partial charge in [-0.1, -0.05) is 74.2 Å². The third-order valence-electron chi connectivity index (χ3n) is 7.56. The highest BCUT2D eigenvalue weighted by molar-refractivity contribution is 7.90. The van der Waals surface area contributed by atoms with Gasteiger partial charge < -0.3 is 10.5 Å². The van der Waals surface area contributed by atoms with Gasteiger partial charge in [-0.05, 0) is 80.6 Å². The Labute approximate surface area is 294 Å². The number of hydrogen-bond donors (Lipinski definition) is 1. The summed E-state index contributed by atoms with van der Waals surface area (Å²) in [6.45, 7) is 9.50. The Balaban J connectivity index is 0.000000362. The molecule has 1 heterocycles. The molecule has 2 N–H and O–H groups in total. The summed E-state index contributed by atoms with van der Waals surface area (Å²) in [5.74, 6) is 0.220. The lowest BCUT2D eigenvalue weighted by molar-refractivity contribution is 0.102. The minimum absolute atomic E-state index is 0.000463. The highest BCUT2D eigenvalue weighted by Crippen LogP contribution is 2.38. The molecule has 1 fully saturated rings. The van der Waals surface area contributed by atoms with Gasteiger partial charge in [0.25, 0.3) is 0 Å². The number of carbonyl (C=O) groups excluding carboxylic acids is 1. The van der Waals surface area contributed by atoms with Crippen LogP contribution < -0.4 is 10.5 Å². The van der Waals surface area contributed by atoms with Gasteiger partial charge >= 0.3 is 0 Å². The maximum Gasteiger partial charge on any atom is 0.176 e. The predicted molar refractivity (Wildman–Crippen MR) is 199 cm³/mol. The zero-order chi connectivity index (χ0) is 36.6. The van der Waals surface area contributed by atoms with Crippen molar-refractivity contribution in [3.05, 3.63) is 93.8 Å². The lowest BCUT2D eigenvalue weighted by Gasteiger charge is -2.21. The van der Waals surface area contributed by atoms with E-state index in [0.29, 0.717) is 4.90 Å². The van der Waals surface area contributed by atoms with E-state index >= 15 is 0 Å². The second-order valence-corrected chi connectivity index (χ2v) is 14.2. The third kappa shape index (κ3) is 11.6. The SMILES string of the molecule is C#C.C=C(C)C1CCCCC1.CC(=O)c1sc2c(F)ccc(F)c2c1Cl.CCc1cc(-c2ccccc2S(C)(=O)=O)ccc1OC.CN. The number of ketones is 1. The fourth-order valence-corrected chi connectivity index (χ4v) is 7.58. The Morgan fingerprint density at radius 1 is 1.02 bits per heavy atom. The molecule has 0 amide bonds. The molecule has 0 radical (unpaired) electrons. The van der Waals surface area contributed by atoms with Crippen molar-refractivity contribution in [3.8, 4) is 29.7 Å². The van der Waals surface area contributed by atoms with Gasteiger partial charge in [0.2, 0.25) is 0 Å². The lowest BCUT2D eigenvalue weighted by Crippen LogP contribution is -2.05. The van der Waals surface area contributed by atoms with Crippen LogP contribution in [0.25, 0.3) is 21.2 Å². The van der Waals surface area contributed by atoms with Gasteiger partial charge in [-0.25, -0.2) is 17.2 Å². The Morgan fingerprint density at radius 2 is 1.60 bits per heavy atom. The average molecular weight is 718 g/mol. The van der Waals surface area contributed by atoms with Gasteiger partial charge in [0.05, 0.1) is 32.0 Å². The van der Waals surface area contributed by atoms with Crippen molar-refractivity contribution in [2.75, 3.05) is 20.4 Å². The van der Waals surface area contributed by atoms with E-state index in [-0.39, 0.29) is 25.8 Å². The largest absolute Gasteiger partial charge is 0.496 e. The molecular formula is C38H46ClF2NO4S2. The van der Waals surface area contributed by atoms with Crippen LogP contribution in [0.2, 0.25) is 5.02 Å². The van der Waals surface area contributed by atoms with Crippen LogP contribution in [-0.4, -0.2) is 34.6 Å². The summed E-state index contributed by atoms with van der Waals surface area (Å²) in [5, 5.41) is -0.00799. The fourth-order valence-electron chi connectivity index (χ4n) is 5.17. The van der Waals surface area contributed by atoms with Crippen LogP contribution in [0.1, 0.15) is 68.1 Å². The summed E-state index contributed by atoms with van der Waals surface area (Å²) in [4.78, 5) is 11.7. The summed E-state index contributed by atoms with van der Waals surface area (Å²) < 4.78 is 55.8. The molecule has 0 spiro atoms. The first kappa shape index (κ1) is 42.5. The van der Waals surface area contributed by atoms with Crippen molar-refractivity contribution in [1.29, 1.82) is 0 Å². The molecule has 1 aliphatic carbocycles. The van der Waals surface area contributed by atoms with Gasteiger partial charge in [0.1, 0.15) is 17.4 Å². The average Bonchev–Trinajstić information content (AvgIpc) is 3.47. The topological polar surface area (TPSA) is 86.5 Å². The molecule has 5 nitrogen and oxygen atoms in total. The number of halogens is 3. The number of benzene rings is 3. The summed E-state index contributed by atoms with van der Waals surface area (Å²) in [6, 6.07) is 14.8. The Hall–Kier alpha value is -3.55. The first-order valence-electron chi connectivity index (χ1n) is 15.4. The molecule has 1 aromatic heterocycles. The van der Waals surface area contributed by atoms with Gasteiger partial charge in [-0.3, -0.25) is 4.79 Å². The zero-order valence-corrected chi connectivity index (χ0v) is 30.9. The van der Waals surface area contributed by atoms with Gasteiger partial charge in [0.15, 0.2) is 15.6 Å². The Morgan fingerprint density at radius 3 is 2.08 bits per heavy atom. The quantitative estimate of drug-likeness (QED) is 0.122. The highest BCUT2D eigenvalue weighted by Gasteiger charge is 2.19. The number of terminal acetylenes is 1. The van der Waals surface area contributed by atoms with E-state index in [4.69, 9.17) is 16.3 Å². The molecule has 0 aliphatic heterocycles. The van der Waals surface area contributed by atoms with Crippen molar-refractivity contribution in [2.24, 2.45) is 11.7 Å². The number of fused-ring (bicyclic) bond motifs is 1. The number of thiophene rings is 1. The smallest absolute Gasteiger partial charge is 0.176 e. The molecule has 1 aliphatic rings. The summed E-state index contributed by atoms with van der Waals surface area (Å²) in [7, 11) is -0.111. The Kier molecular flexibility index (Phi) is 18.3. The maximum absolute atomic E-state index is 13.3. The van der Waals surface area contributed by atoms with Crippen LogP contribution in [0.3, 0.4) is 0 Å². The van der Waals surface area contributed by atoms with Crippen LogP contribution in [-0.2, 0) is 16.3 Å². The van der Waals surface area contributed by atoms with E-state index in [1.54, 1.807) is 19.2 Å². The van der Waals surface area contributed by atoms with Gasteiger partial charge in [-0.2, -0.15) is 0 Å². The number of hydrogen-bond acceptors (Lipinski definition) is 6. The van der Waals surface area contributed by atoms with Crippen molar-refractivity contribution in [3.63, 3.8) is 0 Å². The second kappa shape index (κ2) is 20.7. The number of ether oxygens (including phenoxy) is 1. The minimum Gasteiger partial charge on any atom is -0.496 e. The molecule has 3 aromatic carbocycles. The zero-order valence-electron chi connectivity index (χ0n) is 28.5. The first-order chi connectivity index (χ1) is 22.8. The Bertz CT molecular complexity index is 1790. The number of rotatable bonds is 6. The monoisotopic (exact) mass is 717 g/mol. The van der Waals surface area contributed by atoms with Crippen molar-refractivity contribution in [1.82, 2.24) is 0 Å². The first-order valence-corrected chi connectivity index (χ1v) is 18.5. The molecule has 0 atom stereocenters. The van der Waals surface area contributed by atoms with Crippen LogP contribution in [0.15, 0.2) is 71.6 Å². The number of methoxy groups -OCH3 is 1. The van der Waals surface area contributed by atoms with E-state index in [0.717, 1.165) is 58.2 Å².